The van der Waals surface area contributed by atoms with Gasteiger partial charge in [0.2, 0.25) is 0 Å². The lowest BCUT2D eigenvalue weighted by molar-refractivity contribution is -0.143. The first-order valence-corrected chi connectivity index (χ1v) is 12.8. The number of benzene rings is 2. The van der Waals surface area contributed by atoms with Gasteiger partial charge in [-0.2, -0.15) is 26.3 Å². The summed E-state index contributed by atoms with van der Waals surface area (Å²) in [6.45, 7) is 3.10. The van der Waals surface area contributed by atoms with Crippen LogP contribution >= 0.6 is 0 Å². The molecule has 0 amide bonds. The fourth-order valence-corrected chi connectivity index (χ4v) is 6.81. The van der Waals surface area contributed by atoms with Crippen molar-refractivity contribution in [3.05, 3.63) is 82.3 Å². The molecule has 2 fully saturated rings. The van der Waals surface area contributed by atoms with Crippen LogP contribution in [0.1, 0.15) is 66.7 Å². The van der Waals surface area contributed by atoms with E-state index in [2.05, 4.69) is 4.90 Å². The molecule has 0 spiro atoms. The minimum atomic E-state index is -4.91. The van der Waals surface area contributed by atoms with Crippen LogP contribution in [0.25, 0.3) is 0 Å². The van der Waals surface area contributed by atoms with E-state index in [1.54, 1.807) is 25.1 Å². The van der Waals surface area contributed by atoms with Crippen molar-refractivity contribution in [3.8, 4) is 0 Å². The Kier molecular flexibility index (Phi) is 6.84. The van der Waals surface area contributed by atoms with Crippen LogP contribution in [-0.4, -0.2) is 23.8 Å². The summed E-state index contributed by atoms with van der Waals surface area (Å²) >= 11 is 0. The van der Waals surface area contributed by atoms with Crippen LogP contribution in [-0.2, 0) is 17.1 Å². The first-order valence-electron chi connectivity index (χ1n) is 12.8. The molecule has 5 atom stereocenters. The van der Waals surface area contributed by atoms with E-state index in [0.29, 0.717) is 25.8 Å². The van der Waals surface area contributed by atoms with E-state index in [1.165, 1.54) is 12.1 Å². The van der Waals surface area contributed by atoms with E-state index < -0.39 is 35.2 Å². The second kappa shape index (κ2) is 9.72. The highest BCUT2D eigenvalue weighted by molar-refractivity contribution is 5.92. The minimum Gasteiger partial charge on any atom is -0.374 e. The first-order chi connectivity index (χ1) is 17.8. The Labute approximate surface area is 216 Å². The summed E-state index contributed by atoms with van der Waals surface area (Å²) in [5.41, 5.74) is -0.808. The van der Waals surface area contributed by atoms with E-state index in [0.717, 1.165) is 36.4 Å². The molecule has 5 rings (SSSR count). The Balaban J connectivity index is 1.53. The third kappa shape index (κ3) is 5.21. The number of allylic oxidation sites excluding steroid dienone is 2. The van der Waals surface area contributed by atoms with Crippen molar-refractivity contribution in [2.24, 2.45) is 17.8 Å². The van der Waals surface area contributed by atoms with Crippen LogP contribution in [0.4, 0.5) is 30.7 Å². The molecular formula is C29H28F7NO. The van der Waals surface area contributed by atoms with Crippen molar-refractivity contribution in [2.75, 3.05) is 13.1 Å². The van der Waals surface area contributed by atoms with E-state index in [9.17, 15) is 35.5 Å². The van der Waals surface area contributed by atoms with Crippen LogP contribution in [0.2, 0.25) is 0 Å². The van der Waals surface area contributed by atoms with Crippen molar-refractivity contribution in [2.45, 2.75) is 56.8 Å². The number of likely N-dealkylation sites (tertiary alicyclic amines) is 1. The van der Waals surface area contributed by atoms with Crippen LogP contribution in [0.3, 0.4) is 0 Å². The standard InChI is InChI=1S/C29H28F7NO/c1-16(19-10-20(28(31,32)33)12-21(11-19)29(34,35)36)25-9-4-18-14-37(23-7-8-24(38)13-23)15-26(18)27(25)17-2-5-22(30)6-3-17/h2-3,5-6,10-13,16,18,25-27H,4,7-9,14-15H2,1H3/t16-,18+,25+,26+,27+/m0/s1. The molecule has 1 heterocycles. The van der Waals surface area contributed by atoms with Crippen molar-refractivity contribution in [1.29, 1.82) is 0 Å². The second-order valence-corrected chi connectivity index (χ2v) is 10.9. The SMILES string of the molecule is C[C@@H](c1cc(C(F)(F)F)cc(C(F)(F)F)c1)[C@H]1CC[C@@H]2CN(C3=CC(=O)CC3)C[C@H]2[C@@H]1c1ccc(F)cc1. The number of carbonyl (C=O) groups is 1. The zero-order chi connectivity index (χ0) is 27.4. The number of hydrogen-bond acceptors (Lipinski definition) is 2. The normalized spacial score (nSPS) is 26.9. The Morgan fingerprint density at radius 2 is 1.50 bits per heavy atom. The zero-order valence-corrected chi connectivity index (χ0v) is 20.7. The Bertz CT molecular complexity index is 1200. The molecule has 1 saturated heterocycles. The number of halogens is 7. The predicted molar refractivity (Wildman–Crippen MR) is 128 cm³/mol. The number of rotatable bonds is 4. The van der Waals surface area contributed by atoms with Crippen molar-refractivity contribution >= 4 is 5.78 Å². The molecule has 2 aromatic carbocycles. The van der Waals surface area contributed by atoms with E-state index in [-0.39, 0.29) is 41.1 Å². The number of alkyl halides is 6. The molecule has 1 saturated carbocycles. The predicted octanol–water partition coefficient (Wildman–Crippen LogP) is 7.96. The summed E-state index contributed by atoms with van der Waals surface area (Å²) in [4.78, 5) is 14.0. The lowest BCUT2D eigenvalue weighted by Gasteiger charge is -2.43. The summed E-state index contributed by atoms with van der Waals surface area (Å²) in [6, 6.07) is 7.88. The quantitative estimate of drug-likeness (QED) is 0.368. The van der Waals surface area contributed by atoms with Gasteiger partial charge in [-0.25, -0.2) is 4.39 Å². The summed E-state index contributed by atoms with van der Waals surface area (Å²) in [5.74, 6) is -1.02. The molecular weight excluding hydrogens is 511 g/mol. The molecule has 2 aliphatic carbocycles. The van der Waals surface area contributed by atoms with Gasteiger partial charge in [0.1, 0.15) is 5.82 Å². The van der Waals surface area contributed by atoms with Crippen molar-refractivity contribution in [1.82, 2.24) is 4.90 Å². The van der Waals surface area contributed by atoms with Gasteiger partial charge in [0, 0.05) is 31.3 Å². The largest absolute Gasteiger partial charge is 0.416 e. The topological polar surface area (TPSA) is 20.3 Å². The van der Waals surface area contributed by atoms with Crippen LogP contribution in [0, 0.1) is 23.6 Å². The maximum absolute atomic E-state index is 13.8. The zero-order valence-electron chi connectivity index (χ0n) is 20.7. The van der Waals surface area contributed by atoms with Crippen LogP contribution < -0.4 is 0 Å². The molecule has 0 bridgehead atoms. The van der Waals surface area contributed by atoms with Gasteiger partial charge in [-0.15, -0.1) is 0 Å². The molecule has 0 unspecified atom stereocenters. The van der Waals surface area contributed by atoms with Gasteiger partial charge in [0.15, 0.2) is 5.78 Å². The van der Waals surface area contributed by atoms with Gasteiger partial charge in [-0.1, -0.05) is 19.1 Å². The lowest BCUT2D eigenvalue weighted by atomic mass is 9.61. The first kappa shape index (κ1) is 26.8. The maximum Gasteiger partial charge on any atom is 0.416 e. The van der Waals surface area contributed by atoms with Crippen molar-refractivity contribution < 1.29 is 35.5 Å². The molecule has 0 aromatic heterocycles. The van der Waals surface area contributed by atoms with Crippen LogP contribution in [0.5, 0.6) is 0 Å². The summed E-state index contributed by atoms with van der Waals surface area (Å²) in [6.07, 6.45) is -5.62. The van der Waals surface area contributed by atoms with Gasteiger partial charge >= 0.3 is 12.4 Å². The average Bonchev–Trinajstić information content (AvgIpc) is 3.48. The second-order valence-electron chi connectivity index (χ2n) is 10.9. The van der Waals surface area contributed by atoms with E-state index in [4.69, 9.17) is 0 Å². The number of ketones is 1. The van der Waals surface area contributed by atoms with Crippen molar-refractivity contribution in [3.63, 3.8) is 0 Å². The molecule has 204 valence electrons. The molecule has 2 aromatic rings. The summed E-state index contributed by atoms with van der Waals surface area (Å²) in [7, 11) is 0. The average molecular weight is 540 g/mol. The monoisotopic (exact) mass is 539 g/mol. The molecule has 9 heteroatoms. The number of nitrogens with zero attached hydrogens (tertiary/aromatic N) is 1. The van der Waals surface area contributed by atoms with E-state index >= 15 is 0 Å². The third-order valence-electron chi connectivity index (χ3n) is 8.68. The number of fused-ring (bicyclic) bond motifs is 1. The molecule has 2 nitrogen and oxygen atoms in total. The highest BCUT2D eigenvalue weighted by atomic mass is 19.4. The third-order valence-corrected chi connectivity index (χ3v) is 8.68. The lowest BCUT2D eigenvalue weighted by Crippen LogP contribution is -2.35. The van der Waals surface area contributed by atoms with Crippen LogP contribution in [0.15, 0.2) is 54.2 Å². The summed E-state index contributed by atoms with van der Waals surface area (Å²) in [5, 5.41) is 0. The Hall–Kier alpha value is -2.84. The van der Waals surface area contributed by atoms with E-state index in [1.807, 2.05) is 0 Å². The highest BCUT2D eigenvalue weighted by Crippen LogP contribution is 2.54. The van der Waals surface area contributed by atoms with Gasteiger partial charge in [0.05, 0.1) is 11.1 Å². The van der Waals surface area contributed by atoms with Gasteiger partial charge < -0.3 is 4.90 Å². The molecule has 3 aliphatic rings. The molecule has 0 radical (unpaired) electrons. The molecule has 38 heavy (non-hydrogen) atoms. The fraction of sp³-hybridized carbons (Fsp3) is 0.483. The van der Waals surface area contributed by atoms with Gasteiger partial charge in [0.25, 0.3) is 0 Å². The molecule has 0 N–H and O–H groups in total. The highest BCUT2D eigenvalue weighted by Gasteiger charge is 2.48. The summed E-state index contributed by atoms with van der Waals surface area (Å²) < 4.78 is 95.3. The number of hydrogen-bond donors (Lipinski definition) is 0. The maximum atomic E-state index is 13.8. The minimum absolute atomic E-state index is 0.00154. The van der Waals surface area contributed by atoms with Gasteiger partial charge in [-0.05, 0) is 90.3 Å². The smallest absolute Gasteiger partial charge is 0.374 e. The molecule has 1 aliphatic heterocycles. The number of carbonyl (C=O) groups excluding carboxylic acids is 1. The Morgan fingerprint density at radius 3 is 2.05 bits per heavy atom. The Morgan fingerprint density at radius 1 is 0.868 bits per heavy atom. The van der Waals surface area contributed by atoms with Gasteiger partial charge in [-0.3, -0.25) is 4.79 Å². The fourth-order valence-electron chi connectivity index (χ4n) is 6.81.